The van der Waals surface area contributed by atoms with Crippen LogP contribution in [0.5, 0.6) is 0 Å². The summed E-state index contributed by atoms with van der Waals surface area (Å²) in [6.45, 7) is 0.581. The number of ether oxygens (including phenoxy) is 1. The minimum absolute atomic E-state index is 0.292. The molecule has 0 spiro atoms. The quantitative estimate of drug-likeness (QED) is 0.635. The van der Waals surface area contributed by atoms with Crippen LogP contribution in [-0.4, -0.2) is 25.7 Å². The van der Waals surface area contributed by atoms with Gasteiger partial charge in [-0.15, -0.1) is 0 Å². The lowest BCUT2D eigenvalue weighted by atomic mass is 10.1. The molecule has 0 saturated heterocycles. The van der Waals surface area contributed by atoms with E-state index in [1.807, 2.05) is 18.2 Å². The normalized spacial score (nSPS) is 9.96. The Morgan fingerprint density at radius 2 is 1.83 bits per heavy atom. The van der Waals surface area contributed by atoms with E-state index in [0.29, 0.717) is 17.8 Å². The largest absolute Gasteiger partial charge is 0.465 e. The van der Waals surface area contributed by atoms with Crippen LogP contribution in [0, 0.1) is 0 Å². The number of rotatable bonds is 6. The summed E-state index contributed by atoms with van der Waals surface area (Å²) in [5.74, 6) is -0.433. The molecule has 2 aromatic rings. The second-order valence-corrected chi connectivity index (χ2v) is 5.04. The van der Waals surface area contributed by atoms with E-state index in [1.165, 1.54) is 12.7 Å². The van der Waals surface area contributed by atoms with Crippen LogP contribution in [0.25, 0.3) is 0 Å². The van der Waals surface area contributed by atoms with Gasteiger partial charge in [0.1, 0.15) is 0 Å². The van der Waals surface area contributed by atoms with E-state index in [2.05, 4.69) is 27.5 Å². The fourth-order valence-corrected chi connectivity index (χ4v) is 2.16. The Morgan fingerprint density at radius 3 is 2.57 bits per heavy atom. The smallest absolute Gasteiger partial charge is 0.337 e. The van der Waals surface area contributed by atoms with Gasteiger partial charge in [0.05, 0.1) is 12.7 Å². The van der Waals surface area contributed by atoms with Gasteiger partial charge in [0.25, 0.3) is 0 Å². The summed E-state index contributed by atoms with van der Waals surface area (Å²) in [5.41, 5.74) is 2.20. The molecule has 2 amide bonds. The fraction of sp³-hybridized carbons (Fsp3) is 0.222. The minimum Gasteiger partial charge on any atom is -0.465 e. The maximum Gasteiger partial charge on any atom is 0.337 e. The lowest BCUT2D eigenvalue weighted by molar-refractivity contribution is 0.0600. The molecule has 0 aromatic heterocycles. The maximum atomic E-state index is 11.8. The highest BCUT2D eigenvalue weighted by Gasteiger charge is 2.07. The lowest BCUT2D eigenvalue weighted by Crippen LogP contribution is -2.29. The molecular formula is C18H20N2O3. The Labute approximate surface area is 135 Å². The highest BCUT2D eigenvalue weighted by molar-refractivity contribution is 5.93. The molecule has 0 radical (unpaired) electrons. The molecule has 0 bridgehead atoms. The summed E-state index contributed by atoms with van der Waals surface area (Å²) in [7, 11) is 1.32. The van der Waals surface area contributed by atoms with Gasteiger partial charge in [0, 0.05) is 12.2 Å². The van der Waals surface area contributed by atoms with Gasteiger partial charge < -0.3 is 15.4 Å². The molecule has 0 aliphatic rings. The van der Waals surface area contributed by atoms with Crippen molar-refractivity contribution in [1.82, 2.24) is 5.32 Å². The molecule has 0 aliphatic carbocycles. The standard InChI is InChI=1S/C18H20N2O3/c1-23-17(21)15-10-5-11-16(13-15)20-18(22)19-12-6-9-14-7-3-2-4-8-14/h2-5,7-8,10-11,13H,6,9,12H2,1H3,(H2,19,20,22). The SMILES string of the molecule is COC(=O)c1cccc(NC(=O)NCCCc2ccccc2)c1. The van der Waals surface area contributed by atoms with Crippen LogP contribution in [0.4, 0.5) is 10.5 Å². The number of carbonyl (C=O) groups is 2. The predicted molar refractivity (Wildman–Crippen MR) is 89.6 cm³/mol. The second kappa shape index (κ2) is 8.58. The molecule has 0 heterocycles. The van der Waals surface area contributed by atoms with E-state index in [0.717, 1.165) is 12.8 Å². The molecule has 0 saturated carbocycles. The first-order valence-corrected chi connectivity index (χ1v) is 7.46. The molecule has 2 aromatic carbocycles. The maximum absolute atomic E-state index is 11.8. The number of amides is 2. The first-order valence-electron chi connectivity index (χ1n) is 7.46. The van der Waals surface area contributed by atoms with Crippen LogP contribution < -0.4 is 10.6 Å². The first kappa shape index (κ1) is 16.5. The van der Waals surface area contributed by atoms with Crippen molar-refractivity contribution in [3.05, 3.63) is 65.7 Å². The molecule has 0 fully saturated rings. The zero-order valence-corrected chi connectivity index (χ0v) is 13.0. The summed E-state index contributed by atoms with van der Waals surface area (Å²) < 4.78 is 4.65. The number of hydrogen-bond acceptors (Lipinski definition) is 3. The summed E-state index contributed by atoms with van der Waals surface area (Å²) in [5, 5.41) is 5.50. The van der Waals surface area contributed by atoms with Crippen molar-refractivity contribution in [2.24, 2.45) is 0 Å². The van der Waals surface area contributed by atoms with E-state index in [4.69, 9.17) is 0 Å². The average molecular weight is 312 g/mol. The van der Waals surface area contributed by atoms with Crippen molar-refractivity contribution >= 4 is 17.7 Å². The number of hydrogen-bond donors (Lipinski definition) is 2. The van der Waals surface area contributed by atoms with Crippen molar-refractivity contribution in [3.8, 4) is 0 Å². The van der Waals surface area contributed by atoms with Crippen LogP contribution >= 0.6 is 0 Å². The van der Waals surface area contributed by atoms with Gasteiger partial charge in [-0.2, -0.15) is 0 Å². The van der Waals surface area contributed by atoms with Crippen LogP contribution in [-0.2, 0) is 11.2 Å². The Bertz CT molecular complexity index is 656. The number of methoxy groups -OCH3 is 1. The monoisotopic (exact) mass is 312 g/mol. The number of anilines is 1. The number of esters is 1. The van der Waals surface area contributed by atoms with Gasteiger partial charge in [-0.05, 0) is 36.6 Å². The number of aryl methyl sites for hydroxylation is 1. The third-order valence-corrected chi connectivity index (χ3v) is 3.31. The Balaban J connectivity index is 1.75. The van der Waals surface area contributed by atoms with Crippen LogP contribution in [0.15, 0.2) is 54.6 Å². The molecule has 120 valence electrons. The summed E-state index contributed by atoms with van der Waals surface area (Å²) >= 11 is 0. The topological polar surface area (TPSA) is 67.4 Å². The van der Waals surface area contributed by atoms with Crippen molar-refractivity contribution in [3.63, 3.8) is 0 Å². The van der Waals surface area contributed by atoms with Crippen molar-refractivity contribution in [2.75, 3.05) is 19.0 Å². The molecule has 5 nitrogen and oxygen atoms in total. The number of carbonyl (C=O) groups excluding carboxylic acids is 2. The van der Waals surface area contributed by atoms with E-state index in [-0.39, 0.29) is 6.03 Å². The van der Waals surface area contributed by atoms with Crippen molar-refractivity contribution in [2.45, 2.75) is 12.8 Å². The molecule has 2 N–H and O–H groups in total. The van der Waals surface area contributed by atoms with Gasteiger partial charge in [-0.3, -0.25) is 0 Å². The highest BCUT2D eigenvalue weighted by atomic mass is 16.5. The third kappa shape index (κ3) is 5.47. The molecular weight excluding hydrogens is 292 g/mol. The molecule has 2 rings (SSSR count). The second-order valence-electron chi connectivity index (χ2n) is 5.04. The van der Waals surface area contributed by atoms with Gasteiger partial charge in [-0.25, -0.2) is 9.59 Å². The number of nitrogens with one attached hydrogen (secondary N) is 2. The zero-order chi connectivity index (χ0) is 16.5. The van der Waals surface area contributed by atoms with E-state index < -0.39 is 5.97 Å². The van der Waals surface area contributed by atoms with Crippen LogP contribution in [0.3, 0.4) is 0 Å². The molecule has 23 heavy (non-hydrogen) atoms. The molecule has 0 unspecified atom stereocenters. The Morgan fingerprint density at radius 1 is 1.04 bits per heavy atom. The van der Waals surface area contributed by atoms with Gasteiger partial charge in [0.15, 0.2) is 0 Å². The minimum atomic E-state index is -0.433. The summed E-state index contributed by atoms with van der Waals surface area (Å²) in [6.07, 6.45) is 1.78. The van der Waals surface area contributed by atoms with E-state index in [9.17, 15) is 9.59 Å². The highest BCUT2D eigenvalue weighted by Crippen LogP contribution is 2.11. The van der Waals surface area contributed by atoms with E-state index >= 15 is 0 Å². The number of urea groups is 1. The van der Waals surface area contributed by atoms with Gasteiger partial charge >= 0.3 is 12.0 Å². The van der Waals surface area contributed by atoms with E-state index in [1.54, 1.807) is 24.3 Å². The fourth-order valence-electron chi connectivity index (χ4n) is 2.16. The molecule has 0 atom stereocenters. The first-order chi connectivity index (χ1) is 11.2. The van der Waals surface area contributed by atoms with Crippen LogP contribution in [0.1, 0.15) is 22.3 Å². The molecule has 5 heteroatoms. The average Bonchev–Trinajstić information content (AvgIpc) is 2.59. The van der Waals surface area contributed by atoms with Gasteiger partial charge in [-0.1, -0.05) is 36.4 Å². The third-order valence-electron chi connectivity index (χ3n) is 3.31. The summed E-state index contributed by atoms with van der Waals surface area (Å²) in [6, 6.07) is 16.5. The van der Waals surface area contributed by atoms with Gasteiger partial charge in [0.2, 0.25) is 0 Å². The molecule has 0 aliphatic heterocycles. The summed E-state index contributed by atoms with van der Waals surface area (Å²) in [4.78, 5) is 23.3. The Kier molecular flexibility index (Phi) is 6.17. The lowest BCUT2D eigenvalue weighted by Gasteiger charge is -2.08. The predicted octanol–water partition coefficient (Wildman–Crippen LogP) is 3.23. The number of benzene rings is 2. The Hall–Kier alpha value is -2.82. The van der Waals surface area contributed by atoms with Crippen LogP contribution in [0.2, 0.25) is 0 Å². The van der Waals surface area contributed by atoms with Crippen molar-refractivity contribution in [1.29, 1.82) is 0 Å². The van der Waals surface area contributed by atoms with Crippen molar-refractivity contribution < 1.29 is 14.3 Å². The zero-order valence-electron chi connectivity index (χ0n) is 13.0.